The summed E-state index contributed by atoms with van der Waals surface area (Å²) in [4.78, 5) is 23.6. The molecule has 1 aliphatic carbocycles. The van der Waals surface area contributed by atoms with E-state index in [2.05, 4.69) is 12.2 Å². The van der Waals surface area contributed by atoms with E-state index in [0.717, 1.165) is 50.0 Å². The van der Waals surface area contributed by atoms with Crippen molar-refractivity contribution >= 4 is 11.9 Å². The molecule has 2 rings (SSSR count). The molecule has 138 valence electrons. The first-order valence-corrected chi connectivity index (χ1v) is 9.34. The molecule has 1 aromatic carbocycles. The fraction of sp³-hybridized carbons (Fsp3) is 0.600. The molecule has 1 aromatic rings. The molecule has 0 radical (unpaired) electrons. The van der Waals surface area contributed by atoms with Crippen LogP contribution in [0.4, 0.5) is 0 Å². The molecule has 1 fully saturated rings. The van der Waals surface area contributed by atoms with Crippen molar-refractivity contribution in [1.29, 1.82) is 0 Å². The van der Waals surface area contributed by atoms with Gasteiger partial charge in [0.15, 0.2) is 0 Å². The van der Waals surface area contributed by atoms with Crippen LogP contribution in [0, 0.1) is 11.8 Å². The lowest BCUT2D eigenvalue weighted by molar-refractivity contribution is -0.148. The van der Waals surface area contributed by atoms with Gasteiger partial charge < -0.3 is 15.2 Å². The number of carbonyl (C=O) groups is 2. The van der Waals surface area contributed by atoms with E-state index in [4.69, 9.17) is 4.74 Å². The van der Waals surface area contributed by atoms with Gasteiger partial charge in [0.05, 0.1) is 18.4 Å². The summed E-state index contributed by atoms with van der Waals surface area (Å²) in [5.74, 6) is -1.02. The second-order valence-corrected chi connectivity index (χ2v) is 6.72. The minimum Gasteiger partial charge on any atom is -0.494 e. The molecular formula is C20H29NO4. The van der Waals surface area contributed by atoms with Gasteiger partial charge in [-0.1, -0.05) is 38.3 Å². The van der Waals surface area contributed by atoms with Crippen molar-refractivity contribution in [2.45, 2.75) is 51.9 Å². The Morgan fingerprint density at radius 1 is 1.16 bits per heavy atom. The summed E-state index contributed by atoms with van der Waals surface area (Å²) in [7, 11) is 0. The average molecular weight is 347 g/mol. The highest BCUT2D eigenvalue weighted by atomic mass is 16.5. The maximum atomic E-state index is 12.3. The molecule has 5 nitrogen and oxygen atoms in total. The van der Waals surface area contributed by atoms with E-state index in [0.29, 0.717) is 19.4 Å². The molecule has 0 bridgehead atoms. The monoisotopic (exact) mass is 347 g/mol. The van der Waals surface area contributed by atoms with Gasteiger partial charge >= 0.3 is 5.97 Å². The molecular weight excluding hydrogens is 318 g/mol. The number of aliphatic carboxylic acids is 1. The smallest absolute Gasteiger partial charge is 0.307 e. The Hall–Kier alpha value is -2.04. The molecule has 0 aromatic heterocycles. The van der Waals surface area contributed by atoms with Crippen molar-refractivity contribution in [1.82, 2.24) is 5.32 Å². The molecule has 0 heterocycles. The number of rotatable bonds is 9. The van der Waals surface area contributed by atoms with Crippen molar-refractivity contribution in [2.75, 3.05) is 13.2 Å². The highest BCUT2D eigenvalue weighted by Gasteiger charge is 2.35. The van der Waals surface area contributed by atoms with Crippen LogP contribution in [0.5, 0.6) is 5.75 Å². The molecule has 0 saturated heterocycles. The average Bonchev–Trinajstić information content (AvgIpc) is 2.63. The Morgan fingerprint density at radius 2 is 1.84 bits per heavy atom. The minimum absolute atomic E-state index is 0.119. The van der Waals surface area contributed by atoms with Crippen molar-refractivity contribution in [3.05, 3.63) is 29.8 Å². The van der Waals surface area contributed by atoms with E-state index in [1.54, 1.807) is 0 Å². The van der Waals surface area contributed by atoms with Gasteiger partial charge in [-0.3, -0.25) is 9.59 Å². The maximum absolute atomic E-state index is 12.3. The summed E-state index contributed by atoms with van der Waals surface area (Å²) in [5, 5.41) is 12.2. The van der Waals surface area contributed by atoms with E-state index in [-0.39, 0.29) is 11.8 Å². The zero-order valence-electron chi connectivity index (χ0n) is 15.0. The van der Waals surface area contributed by atoms with Crippen LogP contribution in [-0.2, 0) is 16.0 Å². The van der Waals surface area contributed by atoms with Crippen LogP contribution in [-0.4, -0.2) is 30.1 Å². The summed E-state index contributed by atoms with van der Waals surface area (Å²) in [6.45, 7) is 3.39. The molecule has 0 spiro atoms. The Balaban J connectivity index is 1.75. The molecule has 2 unspecified atom stereocenters. The summed E-state index contributed by atoms with van der Waals surface area (Å²) in [6, 6.07) is 7.92. The molecule has 1 aliphatic rings. The third-order valence-corrected chi connectivity index (χ3v) is 4.82. The second-order valence-electron chi connectivity index (χ2n) is 6.72. The fourth-order valence-electron chi connectivity index (χ4n) is 3.29. The van der Waals surface area contributed by atoms with Gasteiger partial charge in [-0.2, -0.15) is 0 Å². The van der Waals surface area contributed by atoms with Gasteiger partial charge in [0.25, 0.3) is 0 Å². The third kappa shape index (κ3) is 6.07. The van der Waals surface area contributed by atoms with Gasteiger partial charge in [0.2, 0.25) is 5.91 Å². The predicted octanol–water partition coefficient (Wildman–Crippen LogP) is 3.42. The summed E-state index contributed by atoms with van der Waals surface area (Å²) >= 11 is 0. The summed E-state index contributed by atoms with van der Waals surface area (Å²) < 4.78 is 5.63. The Labute approximate surface area is 149 Å². The van der Waals surface area contributed by atoms with E-state index in [1.807, 2.05) is 24.3 Å². The Kier molecular flexibility index (Phi) is 7.76. The molecule has 1 amide bonds. The van der Waals surface area contributed by atoms with Crippen molar-refractivity contribution in [3.8, 4) is 5.75 Å². The highest BCUT2D eigenvalue weighted by molar-refractivity contribution is 5.84. The third-order valence-electron chi connectivity index (χ3n) is 4.82. The number of nitrogens with one attached hydrogen (secondary N) is 1. The number of carbonyl (C=O) groups excluding carboxylic acids is 1. The first-order chi connectivity index (χ1) is 12.1. The topological polar surface area (TPSA) is 75.6 Å². The predicted molar refractivity (Wildman–Crippen MR) is 96.6 cm³/mol. The van der Waals surface area contributed by atoms with Gasteiger partial charge in [0.1, 0.15) is 5.75 Å². The molecule has 0 aliphatic heterocycles. The molecule has 25 heavy (non-hydrogen) atoms. The molecule has 1 saturated carbocycles. The van der Waals surface area contributed by atoms with Crippen molar-refractivity contribution in [3.63, 3.8) is 0 Å². The summed E-state index contributed by atoms with van der Waals surface area (Å²) in [6.07, 6.45) is 5.99. The van der Waals surface area contributed by atoms with Crippen molar-refractivity contribution < 1.29 is 19.4 Å². The van der Waals surface area contributed by atoms with E-state index < -0.39 is 11.9 Å². The molecule has 5 heteroatoms. The summed E-state index contributed by atoms with van der Waals surface area (Å²) in [5.41, 5.74) is 1.13. The van der Waals surface area contributed by atoms with Crippen LogP contribution in [0.1, 0.15) is 51.0 Å². The lowest BCUT2D eigenvalue weighted by Gasteiger charge is -2.27. The van der Waals surface area contributed by atoms with E-state index >= 15 is 0 Å². The zero-order valence-corrected chi connectivity index (χ0v) is 15.0. The van der Waals surface area contributed by atoms with E-state index in [9.17, 15) is 14.7 Å². The first kappa shape index (κ1) is 19.3. The number of ether oxygens (including phenoxy) is 1. The van der Waals surface area contributed by atoms with Gasteiger partial charge in [0, 0.05) is 6.54 Å². The van der Waals surface area contributed by atoms with Crippen LogP contribution >= 0.6 is 0 Å². The van der Waals surface area contributed by atoms with Gasteiger partial charge in [-0.15, -0.1) is 0 Å². The number of benzene rings is 1. The second kappa shape index (κ2) is 10.1. The number of carboxylic acids is 1. The van der Waals surface area contributed by atoms with Crippen LogP contribution in [0.2, 0.25) is 0 Å². The largest absolute Gasteiger partial charge is 0.494 e. The van der Waals surface area contributed by atoms with Crippen LogP contribution < -0.4 is 10.1 Å². The lowest BCUT2D eigenvalue weighted by atomic mass is 9.78. The Bertz CT molecular complexity index is 555. The van der Waals surface area contributed by atoms with E-state index in [1.165, 1.54) is 0 Å². The molecule has 2 atom stereocenters. The number of amides is 1. The minimum atomic E-state index is -0.849. The fourth-order valence-corrected chi connectivity index (χ4v) is 3.29. The zero-order chi connectivity index (χ0) is 18.1. The number of hydrogen-bond donors (Lipinski definition) is 2. The normalized spacial score (nSPS) is 20.0. The van der Waals surface area contributed by atoms with Crippen LogP contribution in [0.25, 0.3) is 0 Å². The molecule has 2 N–H and O–H groups in total. The Morgan fingerprint density at radius 3 is 2.48 bits per heavy atom. The van der Waals surface area contributed by atoms with Gasteiger partial charge in [-0.25, -0.2) is 0 Å². The number of unbranched alkanes of at least 4 members (excludes halogenated alkanes) is 1. The first-order valence-electron chi connectivity index (χ1n) is 9.34. The number of carboxylic acid groups (broad SMARTS) is 1. The highest BCUT2D eigenvalue weighted by Crippen LogP contribution is 2.30. The van der Waals surface area contributed by atoms with Crippen LogP contribution in [0.15, 0.2) is 24.3 Å². The number of hydrogen-bond acceptors (Lipinski definition) is 3. The van der Waals surface area contributed by atoms with Crippen molar-refractivity contribution in [2.24, 2.45) is 11.8 Å². The maximum Gasteiger partial charge on any atom is 0.307 e. The lowest BCUT2D eigenvalue weighted by Crippen LogP contribution is -2.40. The SMILES string of the molecule is CCCCOc1ccc(CCNC(=O)C2CCCCC2C(=O)O)cc1. The quantitative estimate of drug-likeness (QED) is 0.671. The van der Waals surface area contributed by atoms with Gasteiger partial charge in [-0.05, 0) is 43.4 Å². The standard InChI is InChI=1S/C20H29NO4/c1-2-3-14-25-16-10-8-15(9-11-16)12-13-21-19(22)17-6-4-5-7-18(17)20(23)24/h8-11,17-18H,2-7,12-14H2,1H3,(H,21,22)(H,23,24). The van der Waals surface area contributed by atoms with Crippen LogP contribution in [0.3, 0.4) is 0 Å².